The number of rotatable bonds is 4. The predicted molar refractivity (Wildman–Crippen MR) is 85.0 cm³/mol. The largest absolute Gasteiger partial charge is 0.334 e. The molecule has 0 spiro atoms. The molecular weight excluding hydrogens is 302 g/mol. The quantitative estimate of drug-likeness (QED) is 0.843. The lowest BCUT2D eigenvalue weighted by Crippen LogP contribution is -2.47. The molecule has 2 atom stereocenters. The summed E-state index contributed by atoms with van der Waals surface area (Å²) in [6.45, 7) is 5.35. The van der Waals surface area contributed by atoms with Gasteiger partial charge >= 0.3 is 0 Å². The van der Waals surface area contributed by atoms with Crippen LogP contribution in [0, 0.1) is 0 Å². The van der Waals surface area contributed by atoms with Crippen LogP contribution in [-0.2, 0) is 21.7 Å². The number of carbonyl (C=O) groups is 1. The van der Waals surface area contributed by atoms with Crippen molar-refractivity contribution in [3.8, 4) is 0 Å². The zero-order chi connectivity index (χ0) is 16.5. The maximum absolute atomic E-state index is 12.8. The summed E-state index contributed by atoms with van der Waals surface area (Å²) >= 11 is 0. The van der Waals surface area contributed by atoms with Crippen molar-refractivity contribution in [2.75, 3.05) is 6.54 Å². The normalized spacial score (nSPS) is 21.1. The molecule has 0 N–H and O–H groups in total. The third kappa shape index (κ3) is 3.19. The average Bonchev–Trinajstić information content (AvgIpc) is 2.92. The molecule has 1 aromatic rings. The van der Waals surface area contributed by atoms with Gasteiger partial charge in [0.15, 0.2) is 9.84 Å². The monoisotopic (exact) mass is 327 g/mol. The Kier molecular flexibility index (Phi) is 4.94. The first-order valence-corrected chi connectivity index (χ1v) is 9.37. The number of likely N-dealkylation sites (tertiary alicyclic amines) is 1. The van der Waals surface area contributed by atoms with Crippen LogP contribution >= 0.6 is 0 Å². The molecule has 124 valence electrons. The Morgan fingerprint density at radius 1 is 1.32 bits per heavy atom. The molecule has 22 heavy (non-hydrogen) atoms. The highest BCUT2D eigenvalue weighted by Gasteiger charge is 2.37. The first-order valence-electron chi connectivity index (χ1n) is 7.77. The van der Waals surface area contributed by atoms with Crippen LogP contribution in [0.4, 0.5) is 0 Å². The number of hydrogen-bond donors (Lipinski definition) is 0. The zero-order valence-electron chi connectivity index (χ0n) is 13.7. The van der Waals surface area contributed by atoms with Gasteiger partial charge in [0.05, 0.1) is 17.5 Å². The smallest absolute Gasteiger partial charge is 0.241 e. The minimum Gasteiger partial charge on any atom is -0.334 e. The number of carbonyl (C=O) groups excluding carboxylic acids is 1. The van der Waals surface area contributed by atoms with Gasteiger partial charge in [-0.1, -0.05) is 0 Å². The van der Waals surface area contributed by atoms with Crippen LogP contribution < -0.4 is 0 Å². The van der Waals surface area contributed by atoms with Crippen LogP contribution in [0.25, 0.3) is 0 Å². The fourth-order valence-electron chi connectivity index (χ4n) is 2.94. The summed E-state index contributed by atoms with van der Waals surface area (Å²) in [5.74, 6) is -0.290. The van der Waals surface area contributed by atoms with E-state index in [-0.39, 0.29) is 11.9 Å². The van der Waals surface area contributed by atoms with E-state index < -0.39 is 20.3 Å². The maximum atomic E-state index is 12.8. The highest BCUT2D eigenvalue weighted by molar-refractivity contribution is 7.93. The summed E-state index contributed by atoms with van der Waals surface area (Å²) in [6.07, 6.45) is 6.47. The Morgan fingerprint density at radius 3 is 2.55 bits per heavy atom. The van der Waals surface area contributed by atoms with E-state index in [1.54, 1.807) is 29.6 Å². The molecule has 7 heteroatoms. The highest BCUT2D eigenvalue weighted by Crippen LogP contribution is 2.32. The van der Waals surface area contributed by atoms with Crippen molar-refractivity contribution < 1.29 is 13.2 Å². The zero-order valence-corrected chi connectivity index (χ0v) is 14.5. The molecule has 1 aliphatic rings. The van der Waals surface area contributed by atoms with E-state index >= 15 is 0 Å². The highest BCUT2D eigenvalue weighted by atomic mass is 32.2. The van der Waals surface area contributed by atoms with Crippen LogP contribution in [0.5, 0.6) is 0 Å². The average molecular weight is 327 g/mol. The summed E-state index contributed by atoms with van der Waals surface area (Å²) in [6, 6.07) is -0.0697. The summed E-state index contributed by atoms with van der Waals surface area (Å²) in [4.78, 5) is 14.5. The van der Waals surface area contributed by atoms with Crippen molar-refractivity contribution in [2.24, 2.45) is 7.05 Å². The van der Waals surface area contributed by atoms with Crippen LogP contribution in [0.15, 0.2) is 12.4 Å². The molecular formula is C15H25N3O3S. The maximum Gasteiger partial charge on any atom is 0.241 e. The summed E-state index contributed by atoms with van der Waals surface area (Å²) in [5, 5.41) is 2.62. The molecule has 2 heterocycles. The fraction of sp³-hybridized carbons (Fsp3) is 0.733. The van der Waals surface area contributed by atoms with E-state index in [0.29, 0.717) is 6.54 Å². The molecule has 2 rings (SSSR count). The standard InChI is InChI=1S/C15H25N3O3S/c1-11(2)22(20,21)12(3)15(19)18-8-6-5-7-14(18)13-9-16-17(4)10-13/h9-12,14H,5-8H2,1-4H3. The number of amides is 1. The van der Waals surface area contributed by atoms with Gasteiger partial charge < -0.3 is 4.90 Å². The molecule has 0 aromatic carbocycles. The number of piperidine rings is 1. The first-order chi connectivity index (χ1) is 10.2. The summed E-state index contributed by atoms with van der Waals surface area (Å²) in [7, 11) is -1.60. The molecule has 0 saturated carbocycles. The van der Waals surface area contributed by atoms with Gasteiger partial charge in [0.25, 0.3) is 0 Å². The second kappa shape index (κ2) is 6.40. The predicted octanol–water partition coefficient (Wildman–Crippen LogP) is 1.69. The number of aromatic nitrogens is 2. The minimum absolute atomic E-state index is 0.0697. The van der Waals surface area contributed by atoms with Crippen LogP contribution in [0.3, 0.4) is 0 Å². The second-order valence-corrected chi connectivity index (χ2v) is 9.10. The van der Waals surface area contributed by atoms with Crippen LogP contribution in [0.1, 0.15) is 51.6 Å². The topological polar surface area (TPSA) is 72.3 Å². The number of nitrogens with zero attached hydrogens (tertiary/aromatic N) is 3. The fourth-order valence-corrected chi connectivity index (χ4v) is 4.17. The van der Waals surface area contributed by atoms with Crippen molar-refractivity contribution in [2.45, 2.75) is 56.6 Å². The third-order valence-electron chi connectivity index (χ3n) is 4.39. The molecule has 0 aliphatic carbocycles. The Bertz CT molecular complexity index is 636. The molecule has 6 nitrogen and oxygen atoms in total. The van der Waals surface area contributed by atoms with E-state index in [1.165, 1.54) is 6.92 Å². The molecule has 0 radical (unpaired) electrons. The number of hydrogen-bond acceptors (Lipinski definition) is 4. The first kappa shape index (κ1) is 17.0. The molecule has 1 fully saturated rings. The van der Waals surface area contributed by atoms with Gasteiger partial charge in [0, 0.05) is 25.4 Å². The molecule has 0 bridgehead atoms. The van der Waals surface area contributed by atoms with Crippen molar-refractivity contribution in [3.05, 3.63) is 18.0 Å². The van der Waals surface area contributed by atoms with Crippen molar-refractivity contribution in [1.29, 1.82) is 0 Å². The van der Waals surface area contributed by atoms with Gasteiger partial charge in [-0.2, -0.15) is 5.10 Å². The Labute approximate surface area is 132 Å². The summed E-state index contributed by atoms with van der Waals surface area (Å²) in [5.41, 5.74) is 0.977. The Hall–Kier alpha value is -1.37. The molecule has 1 aliphatic heterocycles. The van der Waals surface area contributed by atoms with E-state index in [2.05, 4.69) is 5.10 Å². The minimum atomic E-state index is -3.44. The number of sulfone groups is 1. The van der Waals surface area contributed by atoms with Gasteiger partial charge in [-0.3, -0.25) is 9.48 Å². The van der Waals surface area contributed by atoms with Crippen LogP contribution in [0.2, 0.25) is 0 Å². The van der Waals surface area contributed by atoms with Gasteiger partial charge in [-0.05, 0) is 40.0 Å². The van der Waals surface area contributed by atoms with E-state index in [0.717, 1.165) is 24.8 Å². The van der Waals surface area contributed by atoms with Gasteiger partial charge in [0.2, 0.25) is 5.91 Å². The number of aryl methyl sites for hydroxylation is 1. The van der Waals surface area contributed by atoms with Crippen molar-refractivity contribution in [1.82, 2.24) is 14.7 Å². The molecule has 2 unspecified atom stereocenters. The van der Waals surface area contributed by atoms with Gasteiger partial charge in [-0.15, -0.1) is 0 Å². The SMILES string of the molecule is CC(C)S(=O)(=O)C(C)C(=O)N1CCCCC1c1cnn(C)c1. The van der Waals surface area contributed by atoms with E-state index in [1.807, 2.05) is 13.2 Å². The third-order valence-corrected chi connectivity index (χ3v) is 6.89. The van der Waals surface area contributed by atoms with Crippen molar-refractivity contribution in [3.63, 3.8) is 0 Å². The van der Waals surface area contributed by atoms with Crippen molar-refractivity contribution >= 4 is 15.7 Å². The lowest BCUT2D eigenvalue weighted by molar-refractivity contribution is -0.134. The lowest BCUT2D eigenvalue weighted by Gasteiger charge is -2.37. The Balaban J connectivity index is 2.26. The van der Waals surface area contributed by atoms with E-state index in [9.17, 15) is 13.2 Å². The summed E-state index contributed by atoms with van der Waals surface area (Å²) < 4.78 is 26.3. The van der Waals surface area contributed by atoms with Crippen LogP contribution in [-0.4, -0.2) is 46.1 Å². The van der Waals surface area contributed by atoms with E-state index in [4.69, 9.17) is 0 Å². The van der Waals surface area contributed by atoms with Gasteiger partial charge in [0.1, 0.15) is 5.25 Å². The molecule has 1 amide bonds. The molecule has 1 saturated heterocycles. The second-order valence-electron chi connectivity index (χ2n) is 6.27. The van der Waals surface area contributed by atoms with Gasteiger partial charge in [-0.25, -0.2) is 8.42 Å². The molecule has 1 aromatic heterocycles. The Morgan fingerprint density at radius 2 is 2.00 bits per heavy atom. The lowest BCUT2D eigenvalue weighted by atomic mass is 9.97.